The monoisotopic (exact) mass is 207 g/mol. The van der Waals surface area contributed by atoms with E-state index >= 15 is 0 Å². The quantitative estimate of drug-likeness (QED) is 0.510. The number of nitrogens with one attached hydrogen (secondary N) is 2. The highest BCUT2D eigenvalue weighted by molar-refractivity contribution is 5.48. The molecule has 4 N–H and O–H groups in total. The number of hydrazine groups is 1. The molecule has 0 bridgehead atoms. The van der Waals surface area contributed by atoms with Crippen molar-refractivity contribution >= 4 is 11.6 Å². The van der Waals surface area contributed by atoms with Crippen LogP contribution in [0.2, 0.25) is 0 Å². The minimum absolute atomic E-state index is 0.565. The van der Waals surface area contributed by atoms with Crippen LogP contribution in [-0.2, 0) is 6.42 Å². The second kappa shape index (κ2) is 4.02. The van der Waals surface area contributed by atoms with Crippen LogP contribution in [0.25, 0.3) is 0 Å². The summed E-state index contributed by atoms with van der Waals surface area (Å²) in [5.74, 6) is 8.43. The Kier molecular flexibility index (Phi) is 2.73. The lowest BCUT2D eigenvalue weighted by molar-refractivity contribution is 0.900. The minimum atomic E-state index is 0.565. The van der Waals surface area contributed by atoms with Gasteiger partial charge in [0.2, 0.25) is 0 Å². The van der Waals surface area contributed by atoms with Crippen LogP contribution in [0.1, 0.15) is 26.1 Å². The molecule has 1 saturated carbocycles. The van der Waals surface area contributed by atoms with E-state index in [9.17, 15) is 0 Å². The highest BCUT2D eigenvalue weighted by atomic mass is 15.3. The maximum Gasteiger partial charge on any atom is 0.145 e. The Morgan fingerprint density at radius 2 is 2.13 bits per heavy atom. The highest BCUT2D eigenvalue weighted by Gasteiger charge is 2.32. The Balaban J connectivity index is 2.14. The number of aryl methyl sites for hydroxylation is 1. The van der Waals surface area contributed by atoms with Crippen LogP contribution in [0.5, 0.6) is 0 Å². The largest absolute Gasteiger partial charge is 0.367 e. The fourth-order valence-electron chi connectivity index (χ4n) is 1.52. The maximum atomic E-state index is 5.35. The standard InChI is InChI=1S/C10H17N5/c1-3-8-13-9(5-10(14-8)15-11)12-7-4-6(7)2/h5-7H,3-4,11H2,1-2H3,(H2,12,13,14,15). The Bertz CT molecular complexity index is 329. The number of anilines is 2. The topological polar surface area (TPSA) is 75.9 Å². The van der Waals surface area contributed by atoms with Gasteiger partial charge in [0.1, 0.15) is 17.5 Å². The molecule has 0 spiro atoms. The number of nitrogens with two attached hydrogens (primary N) is 1. The van der Waals surface area contributed by atoms with Crippen molar-refractivity contribution in [2.45, 2.75) is 32.7 Å². The zero-order valence-electron chi connectivity index (χ0n) is 9.12. The van der Waals surface area contributed by atoms with Crippen molar-refractivity contribution in [2.24, 2.45) is 11.8 Å². The molecule has 1 aliphatic rings. The molecule has 15 heavy (non-hydrogen) atoms. The second-order valence-corrected chi connectivity index (χ2v) is 4.02. The van der Waals surface area contributed by atoms with Crippen LogP contribution in [0.4, 0.5) is 11.6 Å². The molecule has 5 heteroatoms. The fourth-order valence-corrected chi connectivity index (χ4v) is 1.52. The normalized spacial score (nSPS) is 23.7. The van der Waals surface area contributed by atoms with E-state index in [4.69, 9.17) is 5.84 Å². The van der Waals surface area contributed by atoms with E-state index < -0.39 is 0 Å². The van der Waals surface area contributed by atoms with E-state index in [-0.39, 0.29) is 0 Å². The molecule has 0 aromatic carbocycles. The van der Waals surface area contributed by atoms with Gasteiger partial charge in [0, 0.05) is 18.5 Å². The number of nitrogens with zero attached hydrogens (tertiary/aromatic N) is 2. The van der Waals surface area contributed by atoms with E-state index in [0.717, 1.165) is 24.0 Å². The Morgan fingerprint density at radius 3 is 2.67 bits per heavy atom. The van der Waals surface area contributed by atoms with E-state index in [0.29, 0.717) is 11.9 Å². The van der Waals surface area contributed by atoms with Crippen LogP contribution in [0.3, 0.4) is 0 Å². The van der Waals surface area contributed by atoms with Gasteiger partial charge in [-0.1, -0.05) is 13.8 Å². The summed E-state index contributed by atoms with van der Waals surface area (Å²) < 4.78 is 0. The summed E-state index contributed by atoms with van der Waals surface area (Å²) in [6, 6.07) is 2.40. The SMILES string of the molecule is CCc1nc(NN)cc(NC2CC2C)n1. The van der Waals surface area contributed by atoms with Crippen LogP contribution < -0.4 is 16.6 Å². The molecule has 1 fully saturated rings. The molecule has 2 atom stereocenters. The molecule has 1 aromatic heterocycles. The van der Waals surface area contributed by atoms with Crippen molar-refractivity contribution in [3.63, 3.8) is 0 Å². The number of hydrogen-bond donors (Lipinski definition) is 3. The fraction of sp³-hybridized carbons (Fsp3) is 0.600. The molecule has 1 heterocycles. The number of hydrogen-bond acceptors (Lipinski definition) is 5. The summed E-state index contributed by atoms with van der Waals surface area (Å²) >= 11 is 0. The molecular formula is C10H17N5. The van der Waals surface area contributed by atoms with Gasteiger partial charge in [0.05, 0.1) is 0 Å². The molecule has 0 radical (unpaired) electrons. The Hall–Kier alpha value is -1.36. The molecular weight excluding hydrogens is 190 g/mol. The highest BCUT2D eigenvalue weighted by Crippen LogP contribution is 2.32. The lowest BCUT2D eigenvalue weighted by Gasteiger charge is -2.08. The first kappa shape index (κ1) is 10.2. The zero-order chi connectivity index (χ0) is 10.8. The second-order valence-electron chi connectivity index (χ2n) is 4.02. The average Bonchev–Trinajstić information content (AvgIpc) is 2.93. The number of rotatable bonds is 4. The number of aromatic nitrogens is 2. The summed E-state index contributed by atoms with van der Waals surface area (Å²) in [5, 5.41) is 3.37. The summed E-state index contributed by atoms with van der Waals surface area (Å²) in [6.07, 6.45) is 2.03. The zero-order valence-corrected chi connectivity index (χ0v) is 9.12. The van der Waals surface area contributed by atoms with E-state index in [2.05, 4.69) is 27.6 Å². The average molecular weight is 207 g/mol. The van der Waals surface area contributed by atoms with Gasteiger partial charge in [-0.25, -0.2) is 15.8 Å². The predicted molar refractivity (Wildman–Crippen MR) is 60.4 cm³/mol. The molecule has 1 aromatic rings. The van der Waals surface area contributed by atoms with Crippen LogP contribution in [-0.4, -0.2) is 16.0 Å². The van der Waals surface area contributed by atoms with E-state index in [1.807, 2.05) is 13.0 Å². The van der Waals surface area contributed by atoms with Gasteiger partial charge in [-0.2, -0.15) is 0 Å². The van der Waals surface area contributed by atoms with Gasteiger partial charge >= 0.3 is 0 Å². The van der Waals surface area contributed by atoms with Crippen molar-refractivity contribution in [2.75, 3.05) is 10.7 Å². The van der Waals surface area contributed by atoms with Gasteiger partial charge in [-0.05, 0) is 12.3 Å². The van der Waals surface area contributed by atoms with Crippen LogP contribution in [0.15, 0.2) is 6.07 Å². The van der Waals surface area contributed by atoms with Gasteiger partial charge in [0.25, 0.3) is 0 Å². The molecule has 2 unspecified atom stereocenters. The maximum absolute atomic E-state index is 5.35. The molecule has 82 valence electrons. The Labute approximate surface area is 89.5 Å². The first-order valence-corrected chi connectivity index (χ1v) is 5.34. The van der Waals surface area contributed by atoms with Crippen molar-refractivity contribution in [3.8, 4) is 0 Å². The Morgan fingerprint density at radius 1 is 1.47 bits per heavy atom. The van der Waals surface area contributed by atoms with Gasteiger partial charge in [0.15, 0.2) is 0 Å². The van der Waals surface area contributed by atoms with Crippen molar-refractivity contribution in [1.82, 2.24) is 9.97 Å². The molecule has 0 aliphatic heterocycles. The van der Waals surface area contributed by atoms with Crippen molar-refractivity contribution < 1.29 is 0 Å². The number of nitrogen functional groups attached to an aromatic ring is 1. The van der Waals surface area contributed by atoms with E-state index in [1.54, 1.807) is 0 Å². The molecule has 2 rings (SSSR count). The summed E-state index contributed by atoms with van der Waals surface area (Å²) in [5.41, 5.74) is 2.56. The third-order valence-electron chi connectivity index (χ3n) is 2.68. The first-order chi connectivity index (χ1) is 7.22. The van der Waals surface area contributed by atoms with Crippen LogP contribution in [0, 0.1) is 5.92 Å². The van der Waals surface area contributed by atoms with E-state index in [1.165, 1.54) is 6.42 Å². The van der Waals surface area contributed by atoms with Crippen LogP contribution >= 0.6 is 0 Å². The third-order valence-corrected chi connectivity index (χ3v) is 2.68. The summed E-state index contributed by atoms with van der Waals surface area (Å²) in [4.78, 5) is 8.63. The lowest BCUT2D eigenvalue weighted by atomic mass is 10.4. The summed E-state index contributed by atoms with van der Waals surface area (Å²) in [6.45, 7) is 4.25. The van der Waals surface area contributed by atoms with Gasteiger partial charge in [-0.15, -0.1) is 0 Å². The molecule has 0 saturated heterocycles. The smallest absolute Gasteiger partial charge is 0.145 e. The lowest BCUT2D eigenvalue weighted by Crippen LogP contribution is -2.13. The molecule has 0 amide bonds. The molecule has 5 nitrogen and oxygen atoms in total. The third kappa shape index (κ3) is 2.36. The molecule has 1 aliphatic carbocycles. The van der Waals surface area contributed by atoms with Crippen molar-refractivity contribution in [1.29, 1.82) is 0 Å². The van der Waals surface area contributed by atoms with Gasteiger partial charge in [-0.3, -0.25) is 0 Å². The van der Waals surface area contributed by atoms with Crippen molar-refractivity contribution in [3.05, 3.63) is 11.9 Å². The predicted octanol–water partition coefficient (Wildman–Crippen LogP) is 1.14. The first-order valence-electron chi connectivity index (χ1n) is 5.34. The minimum Gasteiger partial charge on any atom is -0.367 e. The van der Waals surface area contributed by atoms with Gasteiger partial charge < -0.3 is 10.7 Å². The summed E-state index contributed by atoms with van der Waals surface area (Å²) in [7, 11) is 0.